The summed E-state index contributed by atoms with van der Waals surface area (Å²) >= 11 is 14.0. The van der Waals surface area contributed by atoms with E-state index < -0.39 is 11.7 Å². The zero-order valence-corrected chi connectivity index (χ0v) is 22.8. The van der Waals surface area contributed by atoms with Gasteiger partial charge in [-0.05, 0) is 62.3 Å². The molecule has 0 radical (unpaired) electrons. The van der Waals surface area contributed by atoms with Gasteiger partial charge in [0.1, 0.15) is 10.7 Å². The average molecular weight is 584 g/mol. The lowest BCUT2D eigenvalue weighted by atomic mass is 10.2. The van der Waals surface area contributed by atoms with Crippen molar-refractivity contribution in [1.29, 1.82) is 0 Å². The summed E-state index contributed by atoms with van der Waals surface area (Å²) in [5.41, 5.74) is 0.775. The molecule has 38 heavy (non-hydrogen) atoms. The van der Waals surface area contributed by atoms with Crippen molar-refractivity contribution in [2.45, 2.75) is 25.3 Å². The lowest BCUT2D eigenvalue weighted by Crippen LogP contribution is -2.55. The molecule has 1 unspecified atom stereocenters. The summed E-state index contributed by atoms with van der Waals surface area (Å²) in [5.74, 6) is 0.520. The first-order valence-corrected chi connectivity index (χ1v) is 13.7. The van der Waals surface area contributed by atoms with Crippen molar-refractivity contribution in [3.8, 4) is 0 Å². The number of anilines is 3. The van der Waals surface area contributed by atoms with Crippen molar-refractivity contribution < 1.29 is 13.2 Å². The number of nitrogens with zero attached hydrogens (tertiary/aromatic N) is 4. The third-order valence-corrected chi connectivity index (χ3v) is 7.95. The van der Waals surface area contributed by atoms with Crippen molar-refractivity contribution in [2.24, 2.45) is 4.99 Å². The SMILES string of the molecule is CN1C(=Nc2ccc(C(F)(F)F)cc2)c2nc(Nc3c(Cl)cccc3Cl)sc2NC1NCCN1CCCC1. The number of aromatic nitrogens is 1. The van der Waals surface area contributed by atoms with Crippen LogP contribution >= 0.6 is 34.5 Å². The van der Waals surface area contributed by atoms with Crippen LogP contribution in [0.15, 0.2) is 47.5 Å². The van der Waals surface area contributed by atoms with Crippen molar-refractivity contribution >= 4 is 61.9 Å². The molecule has 1 aromatic heterocycles. The van der Waals surface area contributed by atoms with Crippen LogP contribution < -0.4 is 16.0 Å². The molecule has 0 spiro atoms. The minimum Gasteiger partial charge on any atom is -0.343 e. The van der Waals surface area contributed by atoms with Gasteiger partial charge in [0, 0.05) is 20.1 Å². The Labute approximate surface area is 232 Å². The first-order chi connectivity index (χ1) is 18.2. The molecule has 1 saturated heterocycles. The minimum absolute atomic E-state index is 0.296. The standard InChI is InChI=1S/C25H26Cl2F3N7S/c1-36-21(32-16-9-7-15(8-10-16)25(28,29)30)20-22(35-23(36)31-11-14-37-12-2-3-13-37)38-24(34-20)33-19-17(26)5-4-6-18(19)27/h4-10,23,31,35H,2-3,11-14H2,1H3,(H,33,34). The summed E-state index contributed by atoms with van der Waals surface area (Å²) in [6.45, 7) is 3.89. The number of benzene rings is 2. The summed E-state index contributed by atoms with van der Waals surface area (Å²) < 4.78 is 39.2. The van der Waals surface area contributed by atoms with E-state index in [0.29, 0.717) is 38.1 Å². The Morgan fingerprint density at radius 1 is 1.11 bits per heavy atom. The second-order valence-corrected chi connectivity index (χ2v) is 10.9. The lowest BCUT2D eigenvalue weighted by Gasteiger charge is -2.36. The molecule has 0 amide bonds. The van der Waals surface area contributed by atoms with E-state index in [1.165, 1.54) is 36.3 Å². The molecule has 1 fully saturated rings. The lowest BCUT2D eigenvalue weighted by molar-refractivity contribution is -0.137. The van der Waals surface area contributed by atoms with Crippen LogP contribution in [0.2, 0.25) is 10.0 Å². The zero-order valence-electron chi connectivity index (χ0n) is 20.4. The molecule has 202 valence electrons. The first kappa shape index (κ1) is 27.0. The van der Waals surface area contributed by atoms with Crippen LogP contribution in [0.4, 0.5) is 34.7 Å². The maximum Gasteiger partial charge on any atom is 0.416 e. The van der Waals surface area contributed by atoms with Crippen LogP contribution in [0, 0.1) is 0 Å². The monoisotopic (exact) mass is 583 g/mol. The highest BCUT2D eigenvalue weighted by Gasteiger charge is 2.32. The fourth-order valence-electron chi connectivity index (χ4n) is 4.39. The van der Waals surface area contributed by atoms with E-state index in [0.717, 1.165) is 43.3 Å². The van der Waals surface area contributed by atoms with Gasteiger partial charge in [-0.15, -0.1) is 0 Å². The van der Waals surface area contributed by atoms with Crippen LogP contribution in [-0.4, -0.2) is 60.1 Å². The number of nitrogens with one attached hydrogen (secondary N) is 3. The molecule has 3 N–H and O–H groups in total. The van der Waals surface area contributed by atoms with Gasteiger partial charge in [-0.2, -0.15) is 13.2 Å². The number of likely N-dealkylation sites (tertiary alicyclic amines) is 1. The van der Waals surface area contributed by atoms with Crippen LogP contribution in [0.1, 0.15) is 24.1 Å². The number of alkyl halides is 3. The highest BCUT2D eigenvalue weighted by Crippen LogP contribution is 2.39. The number of thiazole rings is 1. The van der Waals surface area contributed by atoms with Gasteiger partial charge >= 0.3 is 6.18 Å². The Kier molecular flexibility index (Phi) is 8.01. The molecule has 3 aromatic rings. The second kappa shape index (κ2) is 11.3. The molecule has 13 heteroatoms. The molecule has 1 atom stereocenters. The van der Waals surface area contributed by atoms with Crippen molar-refractivity contribution in [2.75, 3.05) is 43.9 Å². The van der Waals surface area contributed by atoms with Crippen LogP contribution in [0.25, 0.3) is 0 Å². The van der Waals surface area contributed by atoms with Crippen LogP contribution in [0.3, 0.4) is 0 Å². The number of hydrogen-bond donors (Lipinski definition) is 3. The number of halogens is 5. The van der Waals surface area contributed by atoms with Crippen molar-refractivity contribution in [3.05, 3.63) is 63.8 Å². The molecule has 0 saturated carbocycles. The first-order valence-electron chi connectivity index (χ1n) is 12.1. The van der Waals surface area contributed by atoms with E-state index in [9.17, 15) is 13.2 Å². The van der Waals surface area contributed by atoms with E-state index in [-0.39, 0.29) is 6.29 Å². The van der Waals surface area contributed by atoms with E-state index in [4.69, 9.17) is 33.2 Å². The third kappa shape index (κ3) is 6.02. The molecule has 2 aliphatic heterocycles. The van der Waals surface area contributed by atoms with Crippen LogP contribution in [-0.2, 0) is 6.18 Å². The van der Waals surface area contributed by atoms with Gasteiger partial charge in [0.25, 0.3) is 0 Å². The predicted molar refractivity (Wildman–Crippen MR) is 148 cm³/mol. The van der Waals surface area contributed by atoms with Gasteiger partial charge in [-0.1, -0.05) is 40.6 Å². The van der Waals surface area contributed by atoms with Crippen molar-refractivity contribution in [3.63, 3.8) is 0 Å². The Bertz CT molecular complexity index is 1290. The van der Waals surface area contributed by atoms with E-state index in [1.807, 2.05) is 11.9 Å². The molecule has 5 rings (SSSR count). The summed E-state index contributed by atoms with van der Waals surface area (Å²) in [5, 5.41) is 12.4. The number of amidine groups is 1. The molecular formula is C25H26Cl2F3N7S. The number of aliphatic imine (C=N–C) groups is 1. The minimum atomic E-state index is -4.41. The van der Waals surface area contributed by atoms with Gasteiger partial charge in [-0.3, -0.25) is 5.32 Å². The second-order valence-electron chi connectivity index (χ2n) is 9.06. The van der Waals surface area contributed by atoms with Crippen molar-refractivity contribution in [1.82, 2.24) is 20.1 Å². The summed E-state index contributed by atoms with van der Waals surface area (Å²) in [6, 6.07) is 9.99. The van der Waals surface area contributed by atoms with E-state index in [1.54, 1.807) is 18.2 Å². The highest BCUT2D eigenvalue weighted by atomic mass is 35.5. The summed E-state index contributed by atoms with van der Waals surface area (Å²) in [6.07, 6.45) is -2.26. The Balaban J connectivity index is 1.44. The highest BCUT2D eigenvalue weighted by molar-refractivity contribution is 7.20. The molecule has 2 aliphatic rings. The number of para-hydroxylation sites is 1. The van der Waals surface area contributed by atoms with Gasteiger partial charge in [0.2, 0.25) is 0 Å². The Morgan fingerprint density at radius 2 is 1.79 bits per heavy atom. The van der Waals surface area contributed by atoms with Gasteiger partial charge < -0.3 is 20.4 Å². The fraction of sp³-hybridized carbons (Fsp3) is 0.360. The molecule has 0 bridgehead atoms. The molecular weight excluding hydrogens is 558 g/mol. The smallest absolute Gasteiger partial charge is 0.343 e. The largest absolute Gasteiger partial charge is 0.416 e. The fourth-order valence-corrected chi connectivity index (χ4v) is 5.77. The maximum absolute atomic E-state index is 13.1. The maximum atomic E-state index is 13.1. The summed E-state index contributed by atoms with van der Waals surface area (Å²) in [7, 11) is 1.86. The third-order valence-electron chi connectivity index (χ3n) is 6.42. The molecule has 0 aliphatic carbocycles. The number of rotatable bonds is 7. The quantitative estimate of drug-likeness (QED) is 0.290. The molecule has 3 heterocycles. The Hall–Kier alpha value is -2.57. The molecule has 2 aromatic carbocycles. The molecule has 7 nitrogen and oxygen atoms in total. The van der Waals surface area contributed by atoms with E-state index in [2.05, 4.69) is 20.9 Å². The van der Waals surface area contributed by atoms with Gasteiger partial charge in [0.15, 0.2) is 17.3 Å². The number of hydrogen-bond acceptors (Lipinski definition) is 7. The van der Waals surface area contributed by atoms with Crippen LogP contribution in [0.5, 0.6) is 0 Å². The topological polar surface area (TPSA) is 67.8 Å². The van der Waals surface area contributed by atoms with Gasteiger partial charge in [0.05, 0.1) is 27.0 Å². The number of fused-ring (bicyclic) bond motifs is 1. The van der Waals surface area contributed by atoms with Gasteiger partial charge in [-0.25, -0.2) is 9.98 Å². The van der Waals surface area contributed by atoms with E-state index >= 15 is 0 Å². The normalized spacial score (nSPS) is 19.1. The Morgan fingerprint density at radius 3 is 2.45 bits per heavy atom. The zero-order chi connectivity index (χ0) is 26.9. The average Bonchev–Trinajstić information content (AvgIpc) is 3.53. The summed E-state index contributed by atoms with van der Waals surface area (Å²) in [4.78, 5) is 13.7. The predicted octanol–water partition coefficient (Wildman–Crippen LogP) is 6.62.